The molecule has 3 heterocycles. The van der Waals surface area contributed by atoms with E-state index in [4.69, 9.17) is 13.9 Å². The van der Waals surface area contributed by atoms with Crippen LogP contribution in [-0.4, -0.2) is 16.8 Å². The van der Waals surface area contributed by atoms with Gasteiger partial charge in [-0.15, -0.1) is 0 Å². The number of hydrogen-bond donors (Lipinski definition) is 1. The molecule has 0 unspecified atom stereocenters. The molecule has 30 heavy (non-hydrogen) atoms. The lowest BCUT2D eigenvalue weighted by atomic mass is 9.84. The zero-order valence-electron chi connectivity index (χ0n) is 17.4. The van der Waals surface area contributed by atoms with Gasteiger partial charge < -0.3 is 19.0 Å². The number of benzene rings is 2. The lowest BCUT2D eigenvalue weighted by Gasteiger charge is -2.37. The maximum absolute atomic E-state index is 12.6. The lowest BCUT2D eigenvalue weighted by molar-refractivity contribution is 0.0173. The van der Waals surface area contributed by atoms with Crippen molar-refractivity contribution < 1.29 is 19.0 Å². The van der Waals surface area contributed by atoms with Gasteiger partial charge in [0, 0.05) is 17.5 Å². The molecule has 0 saturated heterocycles. The van der Waals surface area contributed by atoms with Crippen LogP contribution in [0, 0.1) is 5.92 Å². The van der Waals surface area contributed by atoms with E-state index in [-0.39, 0.29) is 12.0 Å². The molecule has 1 N–H and O–H groups in total. The molecule has 0 spiro atoms. The highest BCUT2D eigenvalue weighted by atomic mass is 16.5. The summed E-state index contributed by atoms with van der Waals surface area (Å²) in [6.45, 7) is 7.80. The molecular weight excluding hydrogens is 380 g/mol. The van der Waals surface area contributed by atoms with Gasteiger partial charge in [-0.2, -0.15) is 0 Å². The van der Waals surface area contributed by atoms with Crippen LogP contribution in [0.5, 0.6) is 11.5 Å². The molecular formula is C25H24O5. The highest BCUT2D eigenvalue weighted by molar-refractivity contribution is 6.04. The van der Waals surface area contributed by atoms with Crippen LogP contribution in [0.1, 0.15) is 44.9 Å². The Labute approximate surface area is 174 Å². The van der Waals surface area contributed by atoms with E-state index in [1.807, 2.05) is 70.2 Å². The largest absolute Gasteiger partial charge is 0.489 e. The van der Waals surface area contributed by atoms with E-state index in [1.165, 1.54) is 6.07 Å². The molecule has 3 atom stereocenters. The maximum atomic E-state index is 12.6. The van der Waals surface area contributed by atoms with E-state index in [1.54, 1.807) is 0 Å². The summed E-state index contributed by atoms with van der Waals surface area (Å²) in [5.74, 6) is 0.970. The summed E-state index contributed by atoms with van der Waals surface area (Å²) in [4.78, 5) is 12.6. The summed E-state index contributed by atoms with van der Waals surface area (Å²) in [6.07, 6.45) is 2.93. The fourth-order valence-electron chi connectivity index (χ4n) is 4.29. The third-order valence-corrected chi connectivity index (χ3v) is 6.11. The van der Waals surface area contributed by atoms with E-state index >= 15 is 0 Å². The van der Waals surface area contributed by atoms with Crippen molar-refractivity contribution in [1.82, 2.24) is 0 Å². The van der Waals surface area contributed by atoms with E-state index < -0.39 is 17.3 Å². The monoisotopic (exact) mass is 404 g/mol. The Hall–Kier alpha value is -3.05. The van der Waals surface area contributed by atoms with Crippen molar-refractivity contribution in [2.45, 2.75) is 45.5 Å². The maximum Gasteiger partial charge on any atom is 0.336 e. The number of hydrogen-bond acceptors (Lipinski definition) is 5. The van der Waals surface area contributed by atoms with Crippen molar-refractivity contribution in [3.8, 4) is 22.6 Å². The summed E-state index contributed by atoms with van der Waals surface area (Å²) in [6, 6.07) is 11.2. The Morgan fingerprint density at radius 3 is 2.53 bits per heavy atom. The first kappa shape index (κ1) is 18.9. The Kier molecular flexibility index (Phi) is 4.09. The second kappa shape index (κ2) is 6.47. The summed E-state index contributed by atoms with van der Waals surface area (Å²) in [5, 5.41) is 11.8. The second-order valence-electron chi connectivity index (χ2n) is 8.70. The Morgan fingerprint density at radius 1 is 1.07 bits per heavy atom. The van der Waals surface area contributed by atoms with E-state index in [2.05, 4.69) is 0 Å². The van der Waals surface area contributed by atoms with Gasteiger partial charge in [-0.1, -0.05) is 37.3 Å². The topological polar surface area (TPSA) is 68.9 Å². The highest BCUT2D eigenvalue weighted by Crippen LogP contribution is 2.53. The number of ether oxygens (including phenoxy) is 2. The molecule has 0 bridgehead atoms. The van der Waals surface area contributed by atoms with Crippen LogP contribution in [-0.2, 0) is 0 Å². The van der Waals surface area contributed by atoms with E-state index in [0.29, 0.717) is 33.6 Å². The SMILES string of the molecule is C[C@@H]1[C@@H](C)Oc2c3c(c4c(-c5ccccc5)cc(=O)oc4c2[C@@H]1O)OC(C)(C)C=C3. The molecule has 2 aliphatic rings. The first-order valence-electron chi connectivity index (χ1n) is 10.2. The second-order valence-corrected chi connectivity index (χ2v) is 8.70. The zero-order chi connectivity index (χ0) is 21.2. The molecule has 0 aliphatic carbocycles. The van der Waals surface area contributed by atoms with Crippen LogP contribution >= 0.6 is 0 Å². The minimum absolute atomic E-state index is 0.158. The lowest BCUT2D eigenvalue weighted by Crippen LogP contribution is -2.34. The third-order valence-electron chi connectivity index (χ3n) is 6.11. The average Bonchev–Trinajstić information content (AvgIpc) is 2.71. The average molecular weight is 404 g/mol. The van der Waals surface area contributed by atoms with Gasteiger partial charge in [-0.05, 0) is 38.5 Å². The number of aliphatic hydroxyl groups excluding tert-OH is 1. The van der Waals surface area contributed by atoms with Crippen molar-refractivity contribution in [2.75, 3.05) is 0 Å². The molecule has 5 heteroatoms. The van der Waals surface area contributed by atoms with Crippen molar-refractivity contribution in [3.05, 3.63) is 64.0 Å². The minimum atomic E-state index is -0.825. The molecule has 0 saturated carbocycles. The van der Waals surface area contributed by atoms with Crippen LogP contribution in [0.3, 0.4) is 0 Å². The quantitative estimate of drug-likeness (QED) is 0.572. The first-order valence-corrected chi connectivity index (χ1v) is 10.2. The van der Waals surface area contributed by atoms with Crippen LogP contribution in [0.2, 0.25) is 0 Å². The summed E-state index contributed by atoms with van der Waals surface area (Å²) in [7, 11) is 0. The molecule has 154 valence electrons. The molecule has 0 fully saturated rings. The normalized spacial score (nSPS) is 24.0. The van der Waals surface area contributed by atoms with Gasteiger partial charge in [0.25, 0.3) is 0 Å². The van der Waals surface area contributed by atoms with Crippen molar-refractivity contribution >= 4 is 17.0 Å². The smallest absolute Gasteiger partial charge is 0.336 e. The molecule has 1 aromatic heterocycles. The van der Waals surface area contributed by atoms with E-state index in [0.717, 1.165) is 11.1 Å². The number of rotatable bonds is 1. The Bertz CT molecular complexity index is 1240. The van der Waals surface area contributed by atoms with Crippen LogP contribution in [0.25, 0.3) is 28.2 Å². The third kappa shape index (κ3) is 2.76. The van der Waals surface area contributed by atoms with Crippen LogP contribution < -0.4 is 15.1 Å². The van der Waals surface area contributed by atoms with Gasteiger partial charge in [0.15, 0.2) is 5.58 Å². The minimum Gasteiger partial charge on any atom is -0.489 e. The molecule has 3 aromatic rings. The van der Waals surface area contributed by atoms with Gasteiger partial charge in [-0.25, -0.2) is 4.79 Å². The fraction of sp³-hybridized carbons (Fsp3) is 0.320. The zero-order valence-corrected chi connectivity index (χ0v) is 17.4. The van der Waals surface area contributed by atoms with Gasteiger partial charge in [-0.3, -0.25) is 0 Å². The highest BCUT2D eigenvalue weighted by Gasteiger charge is 2.40. The fourth-order valence-corrected chi connectivity index (χ4v) is 4.29. The van der Waals surface area contributed by atoms with Crippen molar-refractivity contribution in [2.24, 2.45) is 5.92 Å². The molecule has 5 rings (SSSR count). The Morgan fingerprint density at radius 2 is 1.80 bits per heavy atom. The summed E-state index contributed by atoms with van der Waals surface area (Å²) in [5.41, 5.74) is 2.18. The molecule has 5 nitrogen and oxygen atoms in total. The summed E-state index contributed by atoms with van der Waals surface area (Å²) < 4.78 is 18.3. The van der Waals surface area contributed by atoms with Gasteiger partial charge >= 0.3 is 5.63 Å². The first-order chi connectivity index (χ1) is 14.3. The predicted octanol–water partition coefficient (Wildman–Crippen LogP) is 5.09. The van der Waals surface area contributed by atoms with Crippen molar-refractivity contribution in [1.29, 1.82) is 0 Å². The van der Waals surface area contributed by atoms with Gasteiger partial charge in [0.2, 0.25) is 0 Å². The van der Waals surface area contributed by atoms with Crippen molar-refractivity contribution in [3.63, 3.8) is 0 Å². The molecule has 0 amide bonds. The predicted molar refractivity (Wildman–Crippen MR) is 116 cm³/mol. The Balaban J connectivity index is 1.97. The summed E-state index contributed by atoms with van der Waals surface area (Å²) >= 11 is 0. The van der Waals surface area contributed by atoms with Crippen LogP contribution in [0.4, 0.5) is 0 Å². The van der Waals surface area contributed by atoms with E-state index in [9.17, 15) is 9.90 Å². The van der Waals surface area contributed by atoms with Crippen LogP contribution in [0.15, 0.2) is 51.7 Å². The van der Waals surface area contributed by atoms with Gasteiger partial charge in [0.1, 0.15) is 23.2 Å². The molecule has 0 radical (unpaired) electrons. The molecule has 2 aliphatic heterocycles. The number of aliphatic hydroxyl groups is 1. The standard InChI is InChI=1S/C25H24O5/c1-13-14(2)28-22-16-10-11-25(3,4)30-23(16)19-17(15-8-6-5-7-9-15)12-18(26)29-24(19)20(22)21(13)27/h5-14,21,27H,1-4H3/t13-,14-,21-/m1/s1. The number of fused-ring (bicyclic) bond motifs is 6. The molecule has 2 aromatic carbocycles. The van der Waals surface area contributed by atoms with Gasteiger partial charge in [0.05, 0.1) is 22.6 Å².